The van der Waals surface area contributed by atoms with Crippen LogP contribution in [0.15, 0.2) is 28.7 Å². The molecule has 2 aliphatic rings. The smallest absolute Gasteiger partial charge is 0.310 e. The van der Waals surface area contributed by atoms with Gasteiger partial charge in [0, 0.05) is 23.6 Å². The number of carbonyl (C=O) groups excluding carboxylic acids is 3. The van der Waals surface area contributed by atoms with Crippen molar-refractivity contribution < 1.29 is 23.9 Å². The lowest BCUT2D eigenvalue weighted by Gasteiger charge is -2.20. The maximum absolute atomic E-state index is 13.0. The van der Waals surface area contributed by atoms with Crippen LogP contribution in [0.5, 0.6) is 5.75 Å². The van der Waals surface area contributed by atoms with Crippen molar-refractivity contribution in [1.29, 1.82) is 0 Å². The van der Waals surface area contributed by atoms with E-state index in [9.17, 15) is 14.4 Å². The van der Waals surface area contributed by atoms with Crippen LogP contribution in [0.2, 0.25) is 5.02 Å². The average Bonchev–Trinajstić information content (AvgIpc) is 3.56. The van der Waals surface area contributed by atoms with Crippen LogP contribution in [0.1, 0.15) is 48.9 Å². The van der Waals surface area contributed by atoms with Gasteiger partial charge in [-0.1, -0.05) is 24.4 Å². The number of esters is 1. The minimum Gasteiger partial charge on any atom is -0.496 e. The van der Waals surface area contributed by atoms with E-state index in [0.717, 1.165) is 51.6 Å². The summed E-state index contributed by atoms with van der Waals surface area (Å²) < 4.78 is 12.5. The number of amides is 2. The molecule has 1 aliphatic heterocycles. The van der Waals surface area contributed by atoms with E-state index in [4.69, 9.17) is 21.1 Å². The lowest BCUT2D eigenvalue weighted by molar-refractivity contribution is -0.153. The summed E-state index contributed by atoms with van der Waals surface area (Å²) in [6, 6.07) is 2.99. The van der Waals surface area contributed by atoms with Gasteiger partial charge in [-0.05, 0) is 44.8 Å². The van der Waals surface area contributed by atoms with E-state index in [-0.39, 0.29) is 59.2 Å². The first kappa shape index (κ1) is 28.2. The van der Waals surface area contributed by atoms with Crippen LogP contribution in [0.3, 0.4) is 0 Å². The highest BCUT2D eigenvalue weighted by atomic mass is 35.5. The van der Waals surface area contributed by atoms with Crippen LogP contribution in [0.4, 0.5) is 5.69 Å². The van der Waals surface area contributed by atoms with Gasteiger partial charge in [0.05, 0.1) is 29.3 Å². The van der Waals surface area contributed by atoms with Gasteiger partial charge >= 0.3 is 5.97 Å². The van der Waals surface area contributed by atoms with Crippen molar-refractivity contribution in [3.8, 4) is 5.75 Å². The van der Waals surface area contributed by atoms with Gasteiger partial charge in [-0.15, -0.1) is 23.7 Å². The number of piperidine rings is 1. The molecule has 0 unspecified atom stereocenters. The summed E-state index contributed by atoms with van der Waals surface area (Å²) in [5.74, 6) is -0.758. The van der Waals surface area contributed by atoms with E-state index in [1.807, 2.05) is 0 Å². The molecule has 0 radical (unpaired) electrons. The van der Waals surface area contributed by atoms with Gasteiger partial charge in [0.1, 0.15) is 5.75 Å². The van der Waals surface area contributed by atoms with E-state index in [1.54, 1.807) is 22.2 Å². The predicted octanol–water partition coefficient (Wildman–Crippen LogP) is 4.00. The first-order valence-corrected chi connectivity index (χ1v) is 13.0. The number of carbonyl (C=O) groups is 3. The molecule has 2 heterocycles. The van der Waals surface area contributed by atoms with Crippen molar-refractivity contribution in [2.45, 2.75) is 45.3 Å². The minimum absolute atomic E-state index is 0. The van der Waals surface area contributed by atoms with Crippen molar-refractivity contribution in [2.24, 2.45) is 16.8 Å². The SMILES string of the molecule is COc1cc(NC(=O)C2CCCC2)c(Cl)cc1C(=O)/N=c1\sccn1COC(=O)C1CCNCC1.Cl. The number of benzene rings is 1. The number of halogens is 2. The summed E-state index contributed by atoms with van der Waals surface area (Å²) in [7, 11) is 1.44. The molecule has 2 N–H and O–H groups in total. The Labute approximate surface area is 224 Å². The number of anilines is 1. The Kier molecular flexibility index (Phi) is 10.4. The van der Waals surface area contributed by atoms with Crippen molar-refractivity contribution in [3.63, 3.8) is 0 Å². The number of hydrogen-bond acceptors (Lipinski definition) is 7. The molecule has 1 aromatic heterocycles. The zero-order chi connectivity index (χ0) is 24.8. The van der Waals surface area contributed by atoms with Crippen molar-refractivity contribution >= 4 is 58.8 Å². The molecule has 2 amide bonds. The maximum Gasteiger partial charge on any atom is 0.310 e. The van der Waals surface area contributed by atoms with Gasteiger partial charge in [0.2, 0.25) is 5.91 Å². The fourth-order valence-corrected chi connectivity index (χ4v) is 5.27. The number of aromatic nitrogens is 1. The monoisotopic (exact) mass is 556 g/mol. The standard InChI is InChI=1S/C24H29ClN4O5S.ClH/c1-33-20-13-19(27-21(30)15-4-2-3-5-15)18(25)12-17(20)22(31)28-24-29(10-11-35-24)14-34-23(32)16-6-8-26-9-7-16;/h10-13,15-16,26H,2-9,14H2,1H3,(H,27,30);1H/b28-24-;. The zero-order valence-electron chi connectivity index (χ0n) is 20.0. The summed E-state index contributed by atoms with van der Waals surface area (Å²) in [6.45, 7) is 1.57. The minimum atomic E-state index is -0.557. The van der Waals surface area contributed by atoms with Crippen LogP contribution < -0.4 is 20.2 Å². The largest absolute Gasteiger partial charge is 0.496 e. The Morgan fingerprint density at radius 3 is 2.58 bits per heavy atom. The van der Waals surface area contributed by atoms with Gasteiger partial charge in [0.25, 0.3) is 5.91 Å². The highest BCUT2D eigenvalue weighted by Gasteiger charge is 2.25. The summed E-state index contributed by atoms with van der Waals surface area (Å²) in [5.41, 5.74) is 0.566. The van der Waals surface area contributed by atoms with E-state index >= 15 is 0 Å². The number of rotatable bonds is 7. The van der Waals surface area contributed by atoms with Gasteiger partial charge < -0.3 is 20.1 Å². The summed E-state index contributed by atoms with van der Waals surface area (Å²) >= 11 is 7.64. The lowest BCUT2D eigenvalue weighted by atomic mass is 9.99. The molecule has 2 fully saturated rings. The number of nitrogens with one attached hydrogen (secondary N) is 2. The van der Waals surface area contributed by atoms with E-state index in [1.165, 1.54) is 24.5 Å². The number of methoxy groups -OCH3 is 1. The Morgan fingerprint density at radius 1 is 1.17 bits per heavy atom. The Bertz CT molecular complexity index is 1150. The average molecular weight is 558 g/mol. The van der Waals surface area contributed by atoms with Gasteiger partial charge in [-0.3, -0.25) is 19.0 Å². The normalized spacial score (nSPS) is 16.9. The Hall–Kier alpha value is -2.40. The molecule has 4 rings (SSSR count). The van der Waals surface area contributed by atoms with Crippen LogP contribution >= 0.6 is 35.3 Å². The Balaban J connectivity index is 0.00000361. The highest BCUT2D eigenvalue weighted by molar-refractivity contribution is 7.07. The van der Waals surface area contributed by atoms with Crippen LogP contribution in [-0.2, 0) is 21.1 Å². The third-order valence-corrected chi connectivity index (χ3v) is 7.49. The molecule has 1 saturated carbocycles. The summed E-state index contributed by atoms with van der Waals surface area (Å²) in [6.07, 6.45) is 7.03. The number of nitrogens with zero attached hydrogens (tertiary/aromatic N) is 2. The van der Waals surface area contributed by atoms with Gasteiger partial charge in [0.15, 0.2) is 11.5 Å². The molecule has 1 aliphatic carbocycles. The molecular weight excluding hydrogens is 527 g/mol. The molecule has 2 aromatic rings. The van der Waals surface area contributed by atoms with Crippen molar-refractivity contribution in [1.82, 2.24) is 9.88 Å². The maximum atomic E-state index is 13.0. The van der Waals surface area contributed by atoms with E-state index < -0.39 is 5.91 Å². The quantitative estimate of drug-likeness (QED) is 0.498. The topological polar surface area (TPSA) is 111 Å². The molecular formula is C24H30Cl2N4O5S. The second kappa shape index (κ2) is 13.2. The summed E-state index contributed by atoms with van der Waals surface area (Å²) in [5, 5.41) is 8.06. The first-order valence-electron chi connectivity index (χ1n) is 11.7. The first-order chi connectivity index (χ1) is 17.0. The van der Waals surface area contributed by atoms with Gasteiger partial charge in [-0.25, -0.2) is 0 Å². The zero-order valence-corrected chi connectivity index (χ0v) is 22.3. The van der Waals surface area contributed by atoms with Crippen molar-refractivity contribution in [3.05, 3.63) is 39.1 Å². The number of thiazole rings is 1. The number of hydrogen-bond donors (Lipinski definition) is 2. The van der Waals surface area contributed by atoms with Crippen LogP contribution in [-0.4, -0.2) is 42.6 Å². The molecule has 0 bridgehead atoms. The number of ether oxygens (including phenoxy) is 2. The molecule has 9 nitrogen and oxygen atoms in total. The fraction of sp³-hybridized carbons (Fsp3) is 0.500. The fourth-order valence-electron chi connectivity index (χ4n) is 4.35. The molecule has 36 heavy (non-hydrogen) atoms. The molecule has 12 heteroatoms. The second-order valence-electron chi connectivity index (χ2n) is 8.69. The van der Waals surface area contributed by atoms with E-state index in [0.29, 0.717) is 10.5 Å². The molecule has 1 saturated heterocycles. The third-order valence-electron chi connectivity index (χ3n) is 6.38. The summed E-state index contributed by atoms with van der Waals surface area (Å²) in [4.78, 5) is 42.4. The second-order valence-corrected chi connectivity index (χ2v) is 9.97. The van der Waals surface area contributed by atoms with Crippen LogP contribution in [0, 0.1) is 11.8 Å². The molecule has 196 valence electrons. The van der Waals surface area contributed by atoms with E-state index in [2.05, 4.69) is 15.6 Å². The van der Waals surface area contributed by atoms with Gasteiger partial charge in [-0.2, -0.15) is 4.99 Å². The predicted molar refractivity (Wildman–Crippen MR) is 140 cm³/mol. The Morgan fingerprint density at radius 2 is 1.89 bits per heavy atom. The molecule has 0 spiro atoms. The highest BCUT2D eigenvalue weighted by Crippen LogP contribution is 2.33. The lowest BCUT2D eigenvalue weighted by Crippen LogP contribution is -2.33. The molecule has 1 aromatic carbocycles. The molecule has 0 atom stereocenters. The van der Waals surface area contributed by atoms with Crippen molar-refractivity contribution in [2.75, 3.05) is 25.5 Å². The third kappa shape index (κ3) is 6.88. The van der Waals surface area contributed by atoms with Crippen LogP contribution in [0.25, 0.3) is 0 Å².